The summed E-state index contributed by atoms with van der Waals surface area (Å²) in [5, 5.41) is 5.58. The van der Waals surface area contributed by atoms with Crippen molar-refractivity contribution in [3.8, 4) is 11.4 Å². The molecule has 0 bridgehead atoms. The van der Waals surface area contributed by atoms with Crippen LogP contribution in [0.2, 0.25) is 5.02 Å². The SMILES string of the molecule is O=C(NNc1nc(-c2ccc(Cl)cc2)no1)c1cc2ccccc2c(=O)[nH]1. The highest BCUT2D eigenvalue weighted by atomic mass is 35.5. The van der Waals surface area contributed by atoms with Crippen LogP contribution in [-0.4, -0.2) is 21.0 Å². The number of halogens is 1. The van der Waals surface area contributed by atoms with Crippen LogP contribution in [0.15, 0.2) is 63.9 Å². The number of carbonyl (C=O) groups excluding carboxylic acids is 1. The maximum atomic E-state index is 12.3. The van der Waals surface area contributed by atoms with Crippen molar-refractivity contribution >= 4 is 34.3 Å². The van der Waals surface area contributed by atoms with Crippen LogP contribution in [0.3, 0.4) is 0 Å². The van der Waals surface area contributed by atoms with Crippen molar-refractivity contribution in [2.45, 2.75) is 0 Å². The fourth-order valence-corrected chi connectivity index (χ4v) is 2.63. The Morgan fingerprint density at radius 1 is 1.11 bits per heavy atom. The number of rotatable bonds is 4. The summed E-state index contributed by atoms with van der Waals surface area (Å²) in [7, 11) is 0. The number of benzene rings is 2. The Hall–Kier alpha value is -3.65. The molecule has 27 heavy (non-hydrogen) atoms. The van der Waals surface area contributed by atoms with E-state index in [2.05, 4.69) is 26.0 Å². The Morgan fingerprint density at radius 3 is 2.70 bits per heavy atom. The number of pyridine rings is 1. The molecule has 0 fully saturated rings. The molecule has 2 heterocycles. The van der Waals surface area contributed by atoms with Crippen molar-refractivity contribution in [2.24, 2.45) is 0 Å². The third kappa shape index (κ3) is 3.51. The molecule has 0 unspecified atom stereocenters. The number of nitrogens with one attached hydrogen (secondary N) is 3. The van der Waals surface area contributed by atoms with Gasteiger partial charge in [0.1, 0.15) is 5.69 Å². The van der Waals surface area contributed by atoms with Crippen LogP contribution in [-0.2, 0) is 0 Å². The summed E-state index contributed by atoms with van der Waals surface area (Å²) in [6.45, 7) is 0. The summed E-state index contributed by atoms with van der Waals surface area (Å²) in [6.07, 6.45) is 0. The normalized spacial score (nSPS) is 10.7. The quantitative estimate of drug-likeness (QED) is 0.468. The second-order valence-electron chi connectivity index (χ2n) is 5.61. The first-order chi connectivity index (χ1) is 13.1. The van der Waals surface area contributed by atoms with Crippen molar-refractivity contribution in [1.29, 1.82) is 0 Å². The van der Waals surface area contributed by atoms with E-state index in [0.29, 0.717) is 27.2 Å². The summed E-state index contributed by atoms with van der Waals surface area (Å²) < 4.78 is 5.04. The van der Waals surface area contributed by atoms with Crippen LogP contribution in [0, 0.1) is 0 Å². The smallest absolute Gasteiger partial charge is 0.317 e. The maximum absolute atomic E-state index is 12.3. The predicted molar refractivity (Wildman–Crippen MR) is 100 cm³/mol. The lowest BCUT2D eigenvalue weighted by atomic mass is 10.1. The van der Waals surface area contributed by atoms with Gasteiger partial charge in [-0.05, 0) is 41.8 Å². The van der Waals surface area contributed by atoms with Crippen molar-refractivity contribution in [3.63, 3.8) is 0 Å². The number of aromatic amines is 1. The number of amides is 1. The van der Waals surface area contributed by atoms with Crippen molar-refractivity contribution in [1.82, 2.24) is 20.6 Å². The summed E-state index contributed by atoms with van der Waals surface area (Å²) >= 11 is 5.85. The Morgan fingerprint density at radius 2 is 1.89 bits per heavy atom. The lowest BCUT2D eigenvalue weighted by Gasteiger charge is -2.05. The molecule has 3 N–H and O–H groups in total. The van der Waals surface area contributed by atoms with Gasteiger partial charge in [-0.3, -0.25) is 15.0 Å². The van der Waals surface area contributed by atoms with Crippen LogP contribution in [0.4, 0.5) is 6.01 Å². The van der Waals surface area contributed by atoms with Gasteiger partial charge in [0.25, 0.3) is 11.5 Å². The van der Waals surface area contributed by atoms with Gasteiger partial charge in [-0.25, -0.2) is 5.43 Å². The van der Waals surface area contributed by atoms with E-state index in [0.717, 1.165) is 0 Å². The minimum atomic E-state index is -0.552. The van der Waals surface area contributed by atoms with E-state index in [1.807, 2.05) is 0 Å². The minimum Gasteiger partial charge on any atom is -0.317 e. The third-order valence-electron chi connectivity index (χ3n) is 3.81. The lowest BCUT2D eigenvalue weighted by molar-refractivity contribution is 0.0956. The van der Waals surface area contributed by atoms with Crippen LogP contribution in [0.25, 0.3) is 22.2 Å². The second kappa shape index (κ2) is 6.93. The van der Waals surface area contributed by atoms with Crippen LogP contribution >= 0.6 is 11.6 Å². The zero-order valence-electron chi connectivity index (χ0n) is 13.7. The van der Waals surface area contributed by atoms with E-state index < -0.39 is 5.91 Å². The average molecular weight is 382 g/mol. The highest BCUT2D eigenvalue weighted by Crippen LogP contribution is 2.19. The number of fused-ring (bicyclic) bond motifs is 1. The zero-order valence-corrected chi connectivity index (χ0v) is 14.4. The van der Waals surface area contributed by atoms with Gasteiger partial charge in [-0.2, -0.15) is 4.98 Å². The maximum Gasteiger partial charge on any atom is 0.340 e. The molecule has 8 nitrogen and oxygen atoms in total. The number of hydrazine groups is 1. The number of hydrogen-bond acceptors (Lipinski definition) is 6. The number of hydrogen-bond donors (Lipinski definition) is 3. The fraction of sp³-hybridized carbons (Fsp3) is 0. The molecule has 4 rings (SSSR count). The summed E-state index contributed by atoms with van der Waals surface area (Å²) in [4.78, 5) is 31.0. The lowest BCUT2D eigenvalue weighted by Crippen LogP contribution is -2.31. The molecule has 1 amide bonds. The van der Waals surface area contributed by atoms with E-state index in [4.69, 9.17) is 16.1 Å². The minimum absolute atomic E-state index is 0.00330. The molecule has 0 saturated heterocycles. The first-order valence-corrected chi connectivity index (χ1v) is 8.26. The van der Waals surface area contributed by atoms with Gasteiger partial charge in [-0.1, -0.05) is 35.0 Å². The molecule has 9 heteroatoms. The molecular formula is C18H12ClN5O3. The van der Waals surface area contributed by atoms with E-state index in [1.165, 1.54) is 0 Å². The third-order valence-corrected chi connectivity index (χ3v) is 4.06. The number of aromatic nitrogens is 3. The molecule has 0 spiro atoms. The highest BCUT2D eigenvalue weighted by Gasteiger charge is 2.12. The predicted octanol–water partition coefficient (Wildman–Crippen LogP) is 2.99. The van der Waals surface area contributed by atoms with Gasteiger partial charge >= 0.3 is 6.01 Å². The monoisotopic (exact) mass is 381 g/mol. The molecule has 0 atom stereocenters. The first-order valence-electron chi connectivity index (χ1n) is 7.88. The molecule has 0 aliphatic carbocycles. The van der Waals surface area contributed by atoms with Gasteiger partial charge in [-0.15, -0.1) is 0 Å². The Balaban J connectivity index is 1.48. The van der Waals surface area contributed by atoms with Crippen LogP contribution < -0.4 is 16.4 Å². The number of H-pyrrole nitrogens is 1. The Kier molecular flexibility index (Phi) is 4.31. The Labute approximate surface area is 157 Å². The van der Waals surface area contributed by atoms with E-state index in [1.54, 1.807) is 54.6 Å². The van der Waals surface area contributed by atoms with E-state index in [-0.39, 0.29) is 17.3 Å². The molecule has 0 aliphatic rings. The van der Waals surface area contributed by atoms with E-state index in [9.17, 15) is 9.59 Å². The van der Waals surface area contributed by atoms with Gasteiger partial charge < -0.3 is 9.51 Å². The molecule has 134 valence electrons. The highest BCUT2D eigenvalue weighted by molar-refractivity contribution is 6.30. The van der Waals surface area contributed by atoms with Gasteiger partial charge in [0.05, 0.1) is 0 Å². The zero-order chi connectivity index (χ0) is 18.8. The molecule has 0 saturated carbocycles. The second-order valence-corrected chi connectivity index (χ2v) is 6.04. The topological polar surface area (TPSA) is 113 Å². The summed E-state index contributed by atoms with van der Waals surface area (Å²) in [6, 6.07) is 15.5. The number of nitrogens with zero attached hydrogens (tertiary/aromatic N) is 2. The van der Waals surface area contributed by atoms with E-state index >= 15 is 0 Å². The molecule has 0 radical (unpaired) electrons. The van der Waals surface area contributed by atoms with Crippen LogP contribution in [0.5, 0.6) is 0 Å². The largest absolute Gasteiger partial charge is 0.340 e. The van der Waals surface area contributed by atoms with Crippen molar-refractivity contribution in [2.75, 3.05) is 5.43 Å². The average Bonchev–Trinajstić information content (AvgIpc) is 3.15. The first kappa shape index (κ1) is 16.8. The van der Waals surface area contributed by atoms with Crippen molar-refractivity contribution < 1.29 is 9.32 Å². The fourth-order valence-electron chi connectivity index (χ4n) is 2.50. The standard InChI is InChI=1S/C18H12ClN5O3/c19-12-7-5-10(6-8-12)15-21-18(27-24-15)23-22-17(26)14-9-11-3-1-2-4-13(11)16(25)20-14/h1-9H,(H,20,25)(H,22,26)(H,21,23,24). The molecule has 0 aliphatic heterocycles. The molecular weight excluding hydrogens is 370 g/mol. The Bertz CT molecular complexity index is 1180. The summed E-state index contributed by atoms with van der Waals surface area (Å²) in [5.41, 5.74) is 5.39. The number of anilines is 1. The van der Waals surface area contributed by atoms with Gasteiger partial charge in [0, 0.05) is 16.0 Å². The van der Waals surface area contributed by atoms with Gasteiger partial charge in [0.15, 0.2) is 0 Å². The molecule has 4 aromatic rings. The van der Waals surface area contributed by atoms with Crippen LogP contribution in [0.1, 0.15) is 10.5 Å². The van der Waals surface area contributed by atoms with Crippen molar-refractivity contribution in [3.05, 3.63) is 75.7 Å². The molecule has 2 aromatic carbocycles. The summed E-state index contributed by atoms with van der Waals surface area (Å²) in [5.74, 6) is -0.216. The van der Waals surface area contributed by atoms with Gasteiger partial charge in [0.2, 0.25) is 5.82 Å². The number of carbonyl (C=O) groups is 1. The molecule has 2 aromatic heterocycles.